The van der Waals surface area contributed by atoms with Crippen LogP contribution in [0.1, 0.15) is 6.92 Å². The Balaban J connectivity index is 3.02. The first-order chi connectivity index (χ1) is 6.58. The third-order valence-electron chi connectivity index (χ3n) is 2.13. The molecule has 0 saturated heterocycles. The van der Waals surface area contributed by atoms with Crippen LogP contribution in [0.5, 0.6) is 0 Å². The molecule has 76 valence electrons. The lowest BCUT2D eigenvalue weighted by Gasteiger charge is -2.13. The van der Waals surface area contributed by atoms with E-state index in [0.29, 0.717) is 11.5 Å². The van der Waals surface area contributed by atoms with E-state index in [1.807, 2.05) is 6.07 Å². The van der Waals surface area contributed by atoms with Gasteiger partial charge in [0.1, 0.15) is 13.3 Å². The molecule has 1 aromatic carbocycles. The molecule has 0 saturated carbocycles. The maximum atomic E-state index is 12.2. The molecule has 0 unspecified atom stereocenters. The van der Waals surface area contributed by atoms with Crippen LogP contribution in [-0.4, -0.2) is 23.4 Å². The summed E-state index contributed by atoms with van der Waals surface area (Å²) in [6.45, 7) is 1.76. The molecule has 14 heavy (non-hydrogen) atoms. The van der Waals surface area contributed by atoms with E-state index in [-0.39, 0.29) is 6.16 Å². The van der Waals surface area contributed by atoms with Crippen molar-refractivity contribution in [2.24, 2.45) is 0 Å². The van der Waals surface area contributed by atoms with E-state index in [9.17, 15) is 9.36 Å². The molecular formula is C10H13O3P. The largest absolute Gasteiger partial charge is 0.481 e. The maximum absolute atomic E-state index is 12.2. The smallest absolute Gasteiger partial charge is 0.311 e. The van der Waals surface area contributed by atoms with Crippen LogP contribution in [0.25, 0.3) is 0 Å². The van der Waals surface area contributed by atoms with Gasteiger partial charge in [-0.05, 0) is 0 Å². The van der Waals surface area contributed by atoms with Gasteiger partial charge in [-0.1, -0.05) is 37.3 Å². The van der Waals surface area contributed by atoms with E-state index in [2.05, 4.69) is 0 Å². The Kier molecular flexibility index (Phi) is 3.48. The Labute approximate surface area is 83.1 Å². The first kappa shape index (κ1) is 11.0. The number of rotatable bonds is 4. The summed E-state index contributed by atoms with van der Waals surface area (Å²) in [7, 11) is -2.71. The molecule has 1 atom stereocenters. The minimum Gasteiger partial charge on any atom is -0.481 e. The van der Waals surface area contributed by atoms with Gasteiger partial charge in [0.25, 0.3) is 0 Å². The summed E-state index contributed by atoms with van der Waals surface area (Å²) in [5.74, 6) is -1.00. The zero-order valence-corrected chi connectivity index (χ0v) is 8.91. The highest BCUT2D eigenvalue weighted by atomic mass is 31.2. The molecule has 1 rings (SSSR count). The Hall–Kier alpha value is -1.08. The Bertz CT molecular complexity index is 359. The van der Waals surface area contributed by atoms with Crippen molar-refractivity contribution in [3.8, 4) is 0 Å². The summed E-state index contributed by atoms with van der Waals surface area (Å²) >= 11 is 0. The fraction of sp³-hybridized carbons (Fsp3) is 0.300. The Morgan fingerprint density at radius 3 is 2.36 bits per heavy atom. The van der Waals surface area contributed by atoms with E-state index < -0.39 is 13.1 Å². The topological polar surface area (TPSA) is 54.4 Å². The molecule has 1 N–H and O–H groups in total. The number of hydrogen-bond acceptors (Lipinski definition) is 2. The van der Waals surface area contributed by atoms with Gasteiger partial charge in [-0.25, -0.2) is 0 Å². The summed E-state index contributed by atoms with van der Waals surface area (Å²) in [6.07, 6.45) is 0.136. The molecule has 0 heterocycles. The molecule has 0 amide bonds. The van der Waals surface area contributed by atoms with E-state index in [1.165, 1.54) is 0 Å². The highest BCUT2D eigenvalue weighted by Gasteiger charge is 2.25. The van der Waals surface area contributed by atoms with E-state index >= 15 is 0 Å². The fourth-order valence-corrected chi connectivity index (χ4v) is 3.23. The van der Waals surface area contributed by atoms with Crippen molar-refractivity contribution in [3.05, 3.63) is 30.3 Å². The molecule has 4 heteroatoms. The third-order valence-corrected chi connectivity index (χ3v) is 5.17. The molecule has 0 bridgehead atoms. The second kappa shape index (κ2) is 4.43. The lowest BCUT2D eigenvalue weighted by molar-refractivity contribution is -0.134. The third kappa shape index (κ3) is 2.46. The number of carboxylic acid groups (broad SMARTS) is 1. The van der Waals surface area contributed by atoms with Gasteiger partial charge in [-0.3, -0.25) is 4.79 Å². The molecule has 0 aromatic heterocycles. The van der Waals surface area contributed by atoms with Gasteiger partial charge < -0.3 is 9.67 Å². The SMILES string of the molecule is CC[P@@](=O)(CC(=O)O)c1ccccc1. The van der Waals surface area contributed by atoms with Crippen molar-refractivity contribution in [3.63, 3.8) is 0 Å². The Morgan fingerprint density at radius 1 is 1.36 bits per heavy atom. The molecule has 0 aliphatic carbocycles. The van der Waals surface area contributed by atoms with E-state index in [1.54, 1.807) is 31.2 Å². The second-order valence-electron chi connectivity index (χ2n) is 3.09. The maximum Gasteiger partial charge on any atom is 0.311 e. The zero-order valence-electron chi connectivity index (χ0n) is 8.01. The van der Waals surface area contributed by atoms with Crippen LogP contribution >= 0.6 is 7.14 Å². The predicted molar refractivity (Wildman–Crippen MR) is 56.7 cm³/mol. The first-order valence-electron chi connectivity index (χ1n) is 4.44. The molecule has 3 nitrogen and oxygen atoms in total. The highest BCUT2D eigenvalue weighted by Crippen LogP contribution is 2.43. The van der Waals surface area contributed by atoms with E-state index in [0.717, 1.165) is 0 Å². The van der Waals surface area contributed by atoms with Crippen LogP contribution < -0.4 is 5.30 Å². The van der Waals surface area contributed by atoms with Crippen molar-refractivity contribution in [2.45, 2.75) is 6.92 Å². The predicted octanol–water partition coefficient (Wildman–Crippen LogP) is 1.78. The summed E-state index contributed by atoms with van der Waals surface area (Å²) in [5, 5.41) is 9.33. The minimum atomic E-state index is -2.71. The minimum absolute atomic E-state index is 0.256. The molecule has 0 aliphatic heterocycles. The molecule has 0 fully saturated rings. The molecule has 1 aromatic rings. The van der Waals surface area contributed by atoms with Crippen LogP contribution in [0.15, 0.2) is 30.3 Å². The number of aliphatic carboxylic acids is 1. The fourth-order valence-electron chi connectivity index (χ4n) is 1.30. The number of benzene rings is 1. The van der Waals surface area contributed by atoms with Crippen LogP contribution in [0.4, 0.5) is 0 Å². The van der Waals surface area contributed by atoms with Gasteiger partial charge in [-0.15, -0.1) is 0 Å². The lowest BCUT2D eigenvalue weighted by Crippen LogP contribution is -2.14. The number of carbonyl (C=O) groups is 1. The first-order valence-corrected chi connectivity index (χ1v) is 6.51. The van der Waals surface area contributed by atoms with Gasteiger partial charge in [0.15, 0.2) is 0 Å². The molecular weight excluding hydrogens is 199 g/mol. The summed E-state index contributed by atoms with van der Waals surface area (Å²) in [5.41, 5.74) is 0. The normalized spacial score (nSPS) is 14.6. The lowest BCUT2D eigenvalue weighted by atomic mass is 10.4. The molecule has 0 spiro atoms. The highest BCUT2D eigenvalue weighted by molar-refractivity contribution is 7.72. The summed E-state index contributed by atoms with van der Waals surface area (Å²) in [6, 6.07) is 8.84. The van der Waals surface area contributed by atoms with Crippen LogP contribution in [0, 0.1) is 0 Å². The monoisotopic (exact) mass is 212 g/mol. The summed E-state index contributed by atoms with van der Waals surface area (Å²) < 4.78 is 12.2. The zero-order chi connectivity index (χ0) is 10.6. The second-order valence-corrected chi connectivity index (χ2v) is 6.34. The standard InChI is InChI=1S/C10H13O3P/c1-2-14(13,8-10(11)12)9-6-4-3-5-7-9/h3-7H,2,8H2,1H3,(H,11,12)/t14-/m1/s1. The van der Waals surface area contributed by atoms with Gasteiger partial charge in [0.2, 0.25) is 0 Å². The van der Waals surface area contributed by atoms with Crippen LogP contribution in [0.3, 0.4) is 0 Å². The van der Waals surface area contributed by atoms with Gasteiger partial charge >= 0.3 is 5.97 Å². The van der Waals surface area contributed by atoms with Gasteiger partial charge in [0.05, 0.1) is 0 Å². The van der Waals surface area contributed by atoms with Crippen molar-refractivity contribution in [1.82, 2.24) is 0 Å². The van der Waals surface area contributed by atoms with E-state index in [4.69, 9.17) is 5.11 Å². The van der Waals surface area contributed by atoms with Crippen LogP contribution in [-0.2, 0) is 9.36 Å². The average Bonchev–Trinajstić information content (AvgIpc) is 2.18. The molecule has 0 aliphatic rings. The Morgan fingerprint density at radius 2 is 1.93 bits per heavy atom. The average molecular weight is 212 g/mol. The quantitative estimate of drug-likeness (QED) is 0.774. The van der Waals surface area contributed by atoms with Crippen LogP contribution in [0.2, 0.25) is 0 Å². The molecule has 0 radical (unpaired) electrons. The van der Waals surface area contributed by atoms with Gasteiger partial charge in [0, 0.05) is 11.5 Å². The van der Waals surface area contributed by atoms with Crippen molar-refractivity contribution >= 4 is 18.4 Å². The van der Waals surface area contributed by atoms with Crippen molar-refractivity contribution < 1.29 is 14.5 Å². The summed E-state index contributed by atoms with van der Waals surface area (Å²) in [4.78, 5) is 10.6. The van der Waals surface area contributed by atoms with Crippen molar-refractivity contribution in [1.29, 1.82) is 0 Å². The number of hydrogen-bond donors (Lipinski definition) is 1. The van der Waals surface area contributed by atoms with Crippen molar-refractivity contribution in [2.75, 3.05) is 12.3 Å². The van der Waals surface area contributed by atoms with Gasteiger partial charge in [-0.2, -0.15) is 0 Å². The number of carboxylic acids is 1.